The summed E-state index contributed by atoms with van der Waals surface area (Å²) < 4.78 is 0. The molecule has 0 heterocycles. The van der Waals surface area contributed by atoms with Gasteiger partial charge in [0.15, 0.2) is 0 Å². The molecular formula is C15H30. The quantitative estimate of drug-likeness (QED) is 0.458. The van der Waals surface area contributed by atoms with Gasteiger partial charge in [0.1, 0.15) is 0 Å². The van der Waals surface area contributed by atoms with Crippen LogP contribution in [-0.4, -0.2) is 0 Å². The van der Waals surface area contributed by atoms with Gasteiger partial charge >= 0.3 is 0 Å². The molecule has 0 aliphatic heterocycles. The van der Waals surface area contributed by atoms with Crippen molar-refractivity contribution in [3.05, 3.63) is 12.2 Å². The van der Waals surface area contributed by atoms with Crippen molar-refractivity contribution in [2.24, 2.45) is 11.3 Å². The van der Waals surface area contributed by atoms with Crippen LogP contribution >= 0.6 is 0 Å². The Labute approximate surface area is 97.2 Å². The molecule has 0 bridgehead atoms. The van der Waals surface area contributed by atoms with Crippen molar-refractivity contribution < 1.29 is 0 Å². The molecule has 0 aromatic heterocycles. The molecule has 0 aliphatic carbocycles. The van der Waals surface area contributed by atoms with E-state index in [1.165, 1.54) is 38.5 Å². The summed E-state index contributed by atoms with van der Waals surface area (Å²) in [6.07, 6.45) is 12.7. The third-order valence-electron chi connectivity index (χ3n) is 3.40. The van der Waals surface area contributed by atoms with E-state index in [4.69, 9.17) is 0 Å². The van der Waals surface area contributed by atoms with Crippen LogP contribution in [0.5, 0.6) is 0 Å². The van der Waals surface area contributed by atoms with E-state index in [0.29, 0.717) is 5.41 Å². The van der Waals surface area contributed by atoms with Gasteiger partial charge in [-0.05, 0) is 30.6 Å². The first-order valence-corrected chi connectivity index (χ1v) is 6.75. The van der Waals surface area contributed by atoms with E-state index in [-0.39, 0.29) is 0 Å². The van der Waals surface area contributed by atoms with Crippen LogP contribution in [0.1, 0.15) is 73.1 Å². The Morgan fingerprint density at radius 2 is 1.60 bits per heavy atom. The van der Waals surface area contributed by atoms with Gasteiger partial charge in [-0.1, -0.05) is 66.0 Å². The zero-order valence-corrected chi connectivity index (χ0v) is 11.5. The Morgan fingerprint density at radius 3 is 2.00 bits per heavy atom. The molecule has 0 amide bonds. The predicted molar refractivity (Wildman–Crippen MR) is 71.1 cm³/mol. The van der Waals surface area contributed by atoms with Gasteiger partial charge in [-0.3, -0.25) is 0 Å². The monoisotopic (exact) mass is 210 g/mol. The first-order valence-electron chi connectivity index (χ1n) is 6.75. The van der Waals surface area contributed by atoms with E-state index in [2.05, 4.69) is 46.8 Å². The Kier molecular flexibility index (Phi) is 7.82. The topological polar surface area (TPSA) is 0 Å². The lowest BCUT2D eigenvalue weighted by Gasteiger charge is -2.25. The SMILES string of the molecule is CCCC(C)(C=CCC(C)CC)CCC. The van der Waals surface area contributed by atoms with E-state index in [1.807, 2.05) is 0 Å². The van der Waals surface area contributed by atoms with Crippen molar-refractivity contribution in [2.45, 2.75) is 73.1 Å². The highest BCUT2D eigenvalue weighted by molar-refractivity contribution is 4.97. The summed E-state index contributed by atoms with van der Waals surface area (Å²) in [4.78, 5) is 0. The smallest absolute Gasteiger partial charge is 0.0147 e. The molecule has 0 fully saturated rings. The van der Waals surface area contributed by atoms with E-state index in [1.54, 1.807) is 0 Å². The zero-order chi connectivity index (χ0) is 11.7. The molecule has 90 valence electrons. The van der Waals surface area contributed by atoms with Crippen LogP contribution in [-0.2, 0) is 0 Å². The average Bonchev–Trinajstić information content (AvgIpc) is 2.18. The van der Waals surface area contributed by atoms with Crippen LogP contribution in [0.3, 0.4) is 0 Å². The van der Waals surface area contributed by atoms with Crippen molar-refractivity contribution in [2.75, 3.05) is 0 Å². The fourth-order valence-electron chi connectivity index (χ4n) is 2.19. The zero-order valence-electron chi connectivity index (χ0n) is 11.5. The molecule has 0 aromatic carbocycles. The van der Waals surface area contributed by atoms with Gasteiger partial charge in [0.25, 0.3) is 0 Å². The molecule has 1 unspecified atom stereocenters. The van der Waals surface area contributed by atoms with Crippen molar-refractivity contribution >= 4 is 0 Å². The van der Waals surface area contributed by atoms with E-state index >= 15 is 0 Å². The maximum absolute atomic E-state index is 2.48. The highest BCUT2D eigenvalue weighted by atomic mass is 14.2. The molecular weight excluding hydrogens is 180 g/mol. The van der Waals surface area contributed by atoms with Crippen LogP contribution in [0.15, 0.2) is 12.2 Å². The minimum absolute atomic E-state index is 0.455. The van der Waals surface area contributed by atoms with Crippen LogP contribution < -0.4 is 0 Å². The second-order valence-electron chi connectivity index (χ2n) is 5.31. The largest absolute Gasteiger partial charge is 0.0877 e. The summed E-state index contributed by atoms with van der Waals surface area (Å²) in [6.45, 7) is 11.6. The molecule has 0 aromatic rings. The number of allylic oxidation sites excluding steroid dienone is 2. The second-order valence-corrected chi connectivity index (χ2v) is 5.31. The summed E-state index contributed by atoms with van der Waals surface area (Å²) in [6, 6.07) is 0. The predicted octanol–water partition coefficient (Wildman–Crippen LogP) is 5.59. The van der Waals surface area contributed by atoms with E-state index < -0.39 is 0 Å². The standard InChI is InChI=1S/C15H30/c1-6-11-15(5,12-7-2)13-9-10-14(4)8-3/h9,13-14H,6-8,10-12H2,1-5H3. The average molecular weight is 210 g/mol. The number of hydrogen-bond donors (Lipinski definition) is 0. The highest BCUT2D eigenvalue weighted by Crippen LogP contribution is 2.31. The molecule has 0 heteroatoms. The van der Waals surface area contributed by atoms with Gasteiger partial charge < -0.3 is 0 Å². The molecule has 0 spiro atoms. The molecule has 15 heavy (non-hydrogen) atoms. The van der Waals surface area contributed by atoms with Gasteiger partial charge in [0, 0.05) is 0 Å². The lowest BCUT2D eigenvalue weighted by Crippen LogP contribution is -2.12. The normalized spacial score (nSPS) is 14.7. The first kappa shape index (κ1) is 14.7. The second kappa shape index (κ2) is 7.96. The van der Waals surface area contributed by atoms with Crippen LogP contribution in [0.25, 0.3) is 0 Å². The van der Waals surface area contributed by atoms with Crippen LogP contribution in [0, 0.1) is 11.3 Å². The third kappa shape index (κ3) is 6.76. The van der Waals surface area contributed by atoms with Gasteiger partial charge in [-0.25, -0.2) is 0 Å². The molecule has 0 radical (unpaired) electrons. The van der Waals surface area contributed by atoms with Crippen molar-refractivity contribution in [1.29, 1.82) is 0 Å². The molecule has 0 saturated carbocycles. The molecule has 1 atom stereocenters. The summed E-state index contributed by atoms with van der Waals surface area (Å²) in [7, 11) is 0. The molecule has 0 nitrogen and oxygen atoms in total. The van der Waals surface area contributed by atoms with Gasteiger partial charge in [-0.2, -0.15) is 0 Å². The maximum Gasteiger partial charge on any atom is -0.0147 e. The lowest BCUT2D eigenvalue weighted by atomic mass is 9.80. The highest BCUT2D eigenvalue weighted by Gasteiger charge is 2.17. The Morgan fingerprint density at radius 1 is 1.07 bits per heavy atom. The summed E-state index contributed by atoms with van der Waals surface area (Å²) in [5.41, 5.74) is 0.455. The van der Waals surface area contributed by atoms with Crippen molar-refractivity contribution in [1.82, 2.24) is 0 Å². The van der Waals surface area contributed by atoms with Crippen LogP contribution in [0.2, 0.25) is 0 Å². The van der Waals surface area contributed by atoms with Gasteiger partial charge in [0.05, 0.1) is 0 Å². The maximum atomic E-state index is 2.48. The summed E-state index contributed by atoms with van der Waals surface area (Å²) in [5.74, 6) is 0.841. The minimum atomic E-state index is 0.455. The van der Waals surface area contributed by atoms with Gasteiger partial charge in [0.2, 0.25) is 0 Å². The fraction of sp³-hybridized carbons (Fsp3) is 0.867. The Bertz CT molecular complexity index is 161. The van der Waals surface area contributed by atoms with Crippen molar-refractivity contribution in [3.63, 3.8) is 0 Å². The summed E-state index contributed by atoms with van der Waals surface area (Å²) >= 11 is 0. The molecule has 0 N–H and O–H groups in total. The third-order valence-corrected chi connectivity index (χ3v) is 3.40. The lowest BCUT2D eigenvalue weighted by molar-refractivity contribution is 0.350. The van der Waals surface area contributed by atoms with E-state index in [9.17, 15) is 0 Å². The summed E-state index contributed by atoms with van der Waals surface area (Å²) in [5, 5.41) is 0. The fourth-order valence-corrected chi connectivity index (χ4v) is 2.19. The first-order chi connectivity index (χ1) is 7.08. The van der Waals surface area contributed by atoms with Crippen molar-refractivity contribution in [3.8, 4) is 0 Å². The Hall–Kier alpha value is -0.260. The van der Waals surface area contributed by atoms with Crippen LogP contribution in [0.4, 0.5) is 0 Å². The van der Waals surface area contributed by atoms with Gasteiger partial charge in [-0.15, -0.1) is 0 Å². The molecule has 0 rings (SSSR count). The molecule has 0 aliphatic rings. The Balaban J connectivity index is 4.14. The number of rotatable bonds is 8. The van der Waals surface area contributed by atoms with E-state index in [0.717, 1.165) is 5.92 Å². The number of hydrogen-bond acceptors (Lipinski definition) is 0. The minimum Gasteiger partial charge on any atom is -0.0877 e. The molecule has 0 saturated heterocycles.